The van der Waals surface area contributed by atoms with Crippen LogP contribution in [-0.2, 0) is 6.54 Å². The van der Waals surface area contributed by atoms with Gasteiger partial charge in [-0.2, -0.15) is 0 Å². The number of hydrogen-bond donors (Lipinski definition) is 2. The molecule has 9 nitrogen and oxygen atoms in total. The highest BCUT2D eigenvalue weighted by Gasteiger charge is 2.32. The molecule has 0 saturated carbocycles. The molecule has 33 heavy (non-hydrogen) atoms. The summed E-state index contributed by atoms with van der Waals surface area (Å²) in [5, 5.41) is 6.15. The maximum atomic E-state index is 12.9. The van der Waals surface area contributed by atoms with Crippen molar-refractivity contribution >= 4 is 29.1 Å². The van der Waals surface area contributed by atoms with Gasteiger partial charge in [0, 0.05) is 55.3 Å². The number of methoxy groups -OCH3 is 1. The Labute approximate surface area is 191 Å². The molecule has 168 valence electrons. The molecule has 5 rings (SSSR count). The Morgan fingerprint density at radius 1 is 1.12 bits per heavy atom. The van der Waals surface area contributed by atoms with Crippen LogP contribution in [0.3, 0.4) is 0 Å². The van der Waals surface area contributed by atoms with Gasteiger partial charge in [0.1, 0.15) is 23.1 Å². The van der Waals surface area contributed by atoms with Crippen LogP contribution in [0.4, 0.5) is 17.3 Å². The lowest BCUT2D eigenvalue weighted by Crippen LogP contribution is -2.43. The Kier molecular flexibility index (Phi) is 5.62. The van der Waals surface area contributed by atoms with Crippen LogP contribution in [0.15, 0.2) is 54.7 Å². The molecule has 9 heteroatoms. The van der Waals surface area contributed by atoms with Gasteiger partial charge in [0.15, 0.2) is 0 Å². The molecule has 0 spiro atoms. The van der Waals surface area contributed by atoms with E-state index in [1.807, 2.05) is 18.2 Å². The second-order valence-corrected chi connectivity index (χ2v) is 7.85. The zero-order chi connectivity index (χ0) is 22.8. The number of carbonyl (C=O) groups is 2. The van der Waals surface area contributed by atoms with Crippen molar-refractivity contribution < 1.29 is 14.3 Å². The van der Waals surface area contributed by atoms with E-state index in [0.717, 1.165) is 37.4 Å². The van der Waals surface area contributed by atoms with Crippen molar-refractivity contribution in [3.63, 3.8) is 0 Å². The lowest BCUT2D eigenvalue weighted by Gasteiger charge is -2.29. The van der Waals surface area contributed by atoms with Crippen LogP contribution in [0.2, 0.25) is 0 Å². The fraction of sp³-hybridized carbons (Fsp3) is 0.250. The van der Waals surface area contributed by atoms with E-state index in [1.165, 1.54) is 0 Å². The van der Waals surface area contributed by atoms with E-state index in [-0.39, 0.29) is 17.5 Å². The summed E-state index contributed by atoms with van der Waals surface area (Å²) in [7, 11) is 1.58. The Morgan fingerprint density at radius 3 is 2.76 bits per heavy atom. The van der Waals surface area contributed by atoms with Crippen LogP contribution in [-0.4, -0.2) is 55.1 Å². The third-order valence-electron chi connectivity index (χ3n) is 5.86. The number of anilines is 3. The fourth-order valence-corrected chi connectivity index (χ4v) is 4.17. The van der Waals surface area contributed by atoms with Crippen LogP contribution >= 0.6 is 0 Å². The van der Waals surface area contributed by atoms with Crippen LogP contribution in [0.5, 0.6) is 5.75 Å². The summed E-state index contributed by atoms with van der Waals surface area (Å²) in [6, 6.07) is 14.2. The van der Waals surface area contributed by atoms with Crippen LogP contribution in [0, 0.1) is 0 Å². The molecule has 0 radical (unpaired) electrons. The average molecular weight is 444 g/mol. The number of nitrogens with one attached hydrogen (secondary N) is 2. The van der Waals surface area contributed by atoms with Crippen LogP contribution in [0.1, 0.15) is 26.4 Å². The maximum Gasteiger partial charge on any atom is 0.275 e. The highest BCUT2D eigenvalue weighted by molar-refractivity contribution is 6.10. The lowest BCUT2D eigenvalue weighted by atomic mass is 10.1. The van der Waals surface area contributed by atoms with E-state index in [4.69, 9.17) is 4.74 Å². The van der Waals surface area contributed by atoms with Gasteiger partial charge in [0.2, 0.25) is 0 Å². The Balaban J connectivity index is 1.34. The normalized spacial score (nSPS) is 15.4. The number of piperazine rings is 1. The molecule has 3 aromatic rings. The molecule has 2 aliphatic rings. The van der Waals surface area contributed by atoms with Gasteiger partial charge in [-0.3, -0.25) is 14.5 Å². The first kappa shape index (κ1) is 20.9. The summed E-state index contributed by atoms with van der Waals surface area (Å²) >= 11 is 0. The van der Waals surface area contributed by atoms with Crippen molar-refractivity contribution in [1.82, 2.24) is 15.3 Å². The van der Waals surface area contributed by atoms with Crippen molar-refractivity contribution in [2.45, 2.75) is 6.54 Å². The van der Waals surface area contributed by atoms with Crippen LogP contribution < -0.4 is 25.2 Å². The van der Waals surface area contributed by atoms with E-state index in [2.05, 4.69) is 25.5 Å². The molecule has 0 unspecified atom stereocenters. The topological polar surface area (TPSA) is 99.7 Å². The third-order valence-corrected chi connectivity index (χ3v) is 5.86. The minimum atomic E-state index is -0.386. The summed E-state index contributed by atoms with van der Waals surface area (Å²) < 4.78 is 5.39. The summed E-state index contributed by atoms with van der Waals surface area (Å²) in [5.74, 6) is 0.974. The minimum absolute atomic E-state index is 0.167. The van der Waals surface area contributed by atoms with Gasteiger partial charge in [0.25, 0.3) is 11.8 Å². The highest BCUT2D eigenvalue weighted by atomic mass is 16.5. The number of carbonyl (C=O) groups excluding carboxylic acids is 2. The molecule has 2 N–H and O–H groups in total. The Hall–Kier alpha value is -3.98. The van der Waals surface area contributed by atoms with Crippen molar-refractivity contribution in [2.24, 2.45) is 0 Å². The average Bonchev–Trinajstić information content (AvgIpc) is 3.21. The molecule has 0 atom stereocenters. The molecule has 1 fully saturated rings. The lowest BCUT2D eigenvalue weighted by molar-refractivity contribution is 0.0990. The molecule has 2 aromatic heterocycles. The smallest absolute Gasteiger partial charge is 0.275 e. The third kappa shape index (κ3) is 4.10. The van der Waals surface area contributed by atoms with E-state index in [9.17, 15) is 9.59 Å². The number of amides is 2. The molecule has 0 aliphatic carbocycles. The molecule has 2 amide bonds. The minimum Gasteiger partial charge on any atom is -0.496 e. The first-order valence-electron chi connectivity index (χ1n) is 10.8. The van der Waals surface area contributed by atoms with Gasteiger partial charge in [0.05, 0.1) is 13.7 Å². The Bertz CT molecular complexity index is 1210. The molecular formula is C24H24N6O3. The number of pyridine rings is 2. The van der Waals surface area contributed by atoms with Crippen LogP contribution in [0.25, 0.3) is 0 Å². The number of aromatic nitrogens is 2. The first-order chi connectivity index (χ1) is 16.1. The summed E-state index contributed by atoms with van der Waals surface area (Å²) in [6.07, 6.45) is 1.68. The number of nitrogens with zero attached hydrogens (tertiary/aromatic N) is 4. The van der Waals surface area contributed by atoms with Gasteiger partial charge in [-0.25, -0.2) is 9.97 Å². The molecule has 1 aromatic carbocycles. The zero-order valence-electron chi connectivity index (χ0n) is 18.2. The molecule has 1 saturated heterocycles. The maximum absolute atomic E-state index is 12.9. The quantitative estimate of drug-likeness (QED) is 0.623. The molecular weight excluding hydrogens is 420 g/mol. The van der Waals surface area contributed by atoms with Gasteiger partial charge in [-0.1, -0.05) is 12.1 Å². The van der Waals surface area contributed by atoms with Crippen molar-refractivity contribution in [2.75, 3.05) is 48.4 Å². The Morgan fingerprint density at radius 2 is 1.94 bits per heavy atom. The SMILES string of the molecule is COc1cccc2c1CN(c1cccc(C(=O)Nc3cc(N4CCNCC4)ccn3)n1)C2=O. The summed E-state index contributed by atoms with van der Waals surface area (Å²) in [6.45, 7) is 3.98. The largest absolute Gasteiger partial charge is 0.496 e. The van der Waals surface area contributed by atoms with Crippen molar-refractivity contribution in [3.05, 3.63) is 71.5 Å². The van der Waals surface area contributed by atoms with E-state index in [0.29, 0.717) is 29.5 Å². The standard InChI is InChI=1S/C24H24N6O3/c1-33-20-6-2-4-17-18(20)15-30(24(17)32)22-7-3-5-19(27-22)23(31)28-21-14-16(8-9-26-21)29-12-10-25-11-13-29/h2-9,14,25H,10-13,15H2,1H3,(H,26,28,31). The number of benzene rings is 1. The van der Waals surface area contributed by atoms with Gasteiger partial charge in [-0.05, 0) is 30.3 Å². The second-order valence-electron chi connectivity index (χ2n) is 7.85. The van der Waals surface area contributed by atoms with Crippen molar-refractivity contribution in [1.29, 1.82) is 0 Å². The fourth-order valence-electron chi connectivity index (χ4n) is 4.17. The van der Waals surface area contributed by atoms with Crippen molar-refractivity contribution in [3.8, 4) is 5.75 Å². The predicted octanol–water partition coefficient (Wildman–Crippen LogP) is 2.31. The monoisotopic (exact) mass is 444 g/mol. The highest BCUT2D eigenvalue weighted by Crippen LogP contribution is 2.33. The summed E-state index contributed by atoms with van der Waals surface area (Å²) in [4.78, 5) is 38.4. The molecule has 4 heterocycles. The summed E-state index contributed by atoms with van der Waals surface area (Å²) in [5.41, 5.74) is 2.62. The molecule has 2 aliphatic heterocycles. The van der Waals surface area contributed by atoms with E-state index < -0.39 is 0 Å². The second kappa shape index (κ2) is 8.87. The predicted molar refractivity (Wildman–Crippen MR) is 125 cm³/mol. The van der Waals surface area contributed by atoms with Gasteiger partial charge in [-0.15, -0.1) is 0 Å². The molecule has 0 bridgehead atoms. The zero-order valence-corrected chi connectivity index (χ0v) is 18.2. The number of hydrogen-bond acceptors (Lipinski definition) is 7. The van der Waals surface area contributed by atoms with Gasteiger partial charge >= 0.3 is 0 Å². The number of ether oxygens (including phenoxy) is 1. The number of fused-ring (bicyclic) bond motifs is 1. The van der Waals surface area contributed by atoms with E-state index >= 15 is 0 Å². The number of rotatable bonds is 5. The van der Waals surface area contributed by atoms with E-state index in [1.54, 1.807) is 48.5 Å². The van der Waals surface area contributed by atoms with Gasteiger partial charge < -0.3 is 20.3 Å². The first-order valence-corrected chi connectivity index (χ1v) is 10.8.